The van der Waals surface area contributed by atoms with E-state index in [4.69, 9.17) is 4.74 Å². The Morgan fingerprint density at radius 1 is 1.26 bits per heavy atom. The Labute approximate surface area is 203 Å². The third kappa shape index (κ3) is 4.35. The molecule has 2 N–H and O–H groups in total. The minimum absolute atomic E-state index is 0.00482. The maximum Gasteiger partial charge on any atom is 0.255 e. The van der Waals surface area contributed by atoms with E-state index in [9.17, 15) is 9.59 Å². The molecule has 2 amide bonds. The maximum atomic E-state index is 15.4. The van der Waals surface area contributed by atoms with Crippen LogP contribution in [0, 0.1) is 25.6 Å². The van der Waals surface area contributed by atoms with Crippen LogP contribution in [0.15, 0.2) is 18.5 Å². The van der Waals surface area contributed by atoms with Gasteiger partial charge in [0, 0.05) is 31.2 Å². The number of hydrogen-bond donors (Lipinski definition) is 2. The van der Waals surface area contributed by atoms with Crippen molar-refractivity contribution in [1.82, 2.24) is 25.2 Å². The molecule has 8 nitrogen and oxygen atoms in total. The monoisotopic (exact) mass is 479 g/mol. The summed E-state index contributed by atoms with van der Waals surface area (Å²) < 4.78 is 21.4. The zero-order valence-corrected chi connectivity index (χ0v) is 20.4. The van der Waals surface area contributed by atoms with Gasteiger partial charge in [0.05, 0.1) is 23.3 Å². The zero-order chi connectivity index (χ0) is 24.9. The molecule has 0 bridgehead atoms. The molecule has 0 spiro atoms. The predicted octanol–water partition coefficient (Wildman–Crippen LogP) is 3.91. The number of benzene rings is 1. The number of aromatic nitrogens is 3. The van der Waals surface area contributed by atoms with Crippen molar-refractivity contribution in [2.24, 2.45) is 5.92 Å². The molecule has 184 valence electrons. The van der Waals surface area contributed by atoms with E-state index in [1.807, 2.05) is 6.92 Å². The lowest BCUT2D eigenvalue weighted by Crippen LogP contribution is -2.38. The average molecular weight is 480 g/mol. The largest absolute Gasteiger partial charge is 0.492 e. The Balaban J connectivity index is 1.50. The molecule has 2 atom stereocenters. The average Bonchev–Trinajstić information content (AvgIpc) is 3.47. The molecule has 3 heterocycles. The Morgan fingerprint density at radius 3 is 2.71 bits per heavy atom. The van der Waals surface area contributed by atoms with E-state index in [1.165, 1.54) is 13.3 Å². The van der Waals surface area contributed by atoms with Gasteiger partial charge in [-0.2, -0.15) is 0 Å². The first-order chi connectivity index (χ1) is 16.7. The van der Waals surface area contributed by atoms with Crippen LogP contribution in [-0.2, 0) is 4.79 Å². The molecule has 1 saturated carbocycles. The molecule has 0 unspecified atom stereocenters. The summed E-state index contributed by atoms with van der Waals surface area (Å²) in [4.78, 5) is 38.9. The molecule has 35 heavy (non-hydrogen) atoms. The van der Waals surface area contributed by atoms with Crippen LogP contribution >= 0.6 is 0 Å². The van der Waals surface area contributed by atoms with Gasteiger partial charge in [0.25, 0.3) is 5.91 Å². The topological polar surface area (TPSA) is 100 Å². The second-order valence-corrected chi connectivity index (χ2v) is 9.82. The number of nitrogens with one attached hydrogen (secondary N) is 2. The first-order valence-electron chi connectivity index (χ1n) is 12.1. The van der Waals surface area contributed by atoms with Crippen LogP contribution in [0.25, 0.3) is 22.3 Å². The minimum Gasteiger partial charge on any atom is -0.492 e. The fourth-order valence-electron chi connectivity index (χ4n) is 4.92. The number of nitrogens with zero attached hydrogens (tertiary/aromatic N) is 3. The van der Waals surface area contributed by atoms with Gasteiger partial charge in [-0.15, -0.1) is 0 Å². The number of aryl methyl sites for hydroxylation is 2. The van der Waals surface area contributed by atoms with E-state index >= 15 is 4.39 Å². The molecule has 2 aliphatic rings. The summed E-state index contributed by atoms with van der Waals surface area (Å²) in [5, 5.41) is 3.05. The van der Waals surface area contributed by atoms with Crippen molar-refractivity contribution in [2.45, 2.75) is 59.0 Å². The van der Waals surface area contributed by atoms with Crippen LogP contribution in [0.1, 0.15) is 54.7 Å². The normalized spacial score (nSPS) is 19.9. The summed E-state index contributed by atoms with van der Waals surface area (Å²) in [5.74, 6) is 0.256. The number of fused-ring (bicyclic) bond motifs is 1. The van der Waals surface area contributed by atoms with E-state index in [2.05, 4.69) is 20.3 Å². The lowest BCUT2D eigenvalue weighted by atomic mass is 10.0. The molecule has 3 aromatic rings. The van der Waals surface area contributed by atoms with Crippen molar-refractivity contribution >= 4 is 22.8 Å². The molecule has 1 aliphatic heterocycles. The fraction of sp³-hybridized carbons (Fsp3) is 0.462. The number of ether oxygens (including phenoxy) is 1. The smallest absolute Gasteiger partial charge is 0.255 e. The van der Waals surface area contributed by atoms with Crippen LogP contribution in [0.3, 0.4) is 0 Å². The third-order valence-corrected chi connectivity index (χ3v) is 7.02. The van der Waals surface area contributed by atoms with Crippen LogP contribution in [-0.4, -0.2) is 56.9 Å². The number of amides is 2. The molecule has 2 fully saturated rings. The standard InChI is InChI=1S/C26H30FN5O3/c1-13-5-8-19(35-11-17-6-7-17)21(22(13)27)24-25-23(28-12-29-24)20(15(3)30-25)26(34)31-18-9-14(2)32(10-18)16(4)33/h5,8,12,14,17-18,30H,6-7,9-11H2,1-4H3,(H,31,34)/t14-,18-/m1/s1. The highest BCUT2D eigenvalue weighted by atomic mass is 19.1. The molecule has 1 aliphatic carbocycles. The second-order valence-electron chi connectivity index (χ2n) is 9.82. The SMILES string of the molecule is CC(=O)N1C[C@H](NC(=O)c2c(C)[nH]c3c(-c4c(OCC5CC5)ccc(C)c4F)ncnc23)C[C@H]1C. The van der Waals surface area contributed by atoms with Crippen LogP contribution in [0.4, 0.5) is 4.39 Å². The van der Waals surface area contributed by atoms with E-state index in [1.54, 1.807) is 30.9 Å². The minimum atomic E-state index is -0.402. The Morgan fingerprint density at radius 2 is 2.03 bits per heavy atom. The number of carbonyl (C=O) groups is 2. The van der Waals surface area contributed by atoms with Gasteiger partial charge in [0.1, 0.15) is 29.1 Å². The molecule has 5 rings (SSSR count). The van der Waals surface area contributed by atoms with Gasteiger partial charge in [-0.25, -0.2) is 14.4 Å². The third-order valence-electron chi connectivity index (χ3n) is 7.02. The van der Waals surface area contributed by atoms with Gasteiger partial charge in [-0.1, -0.05) is 6.07 Å². The van der Waals surface area contributed by atoms with Gasteiger partial charge in [0.2, 0.25) is 5.91 Å². The summed E-state index contributed by atoms with van der Waals surface area (Å²) >= 11 is 0. The zero-order valence-electron chi connectivity index (χ0n) is 20.4. The van der Waals surface area contributed by atoms with Gasteiger partial charge in [0.15, 0.2) is 0 Å². The molecule has 2 aromatic heterocycles. The Hall–Kier alpha value is -3.49. The van der Waals surface area contributed by atoms with Crippen molar-refractivity contribution in [3.63, 3.8) is 0 Å². The molecular formula is C26H30FN5O3. The van der Waals surface area contributed by atoms with Crippen molar-refractivity contribution < 1.29 is 18.7 Å². The molecule has 1 saturated heterocycles. The van der Waals surface area contributed by atoms with Crippen molar-refractivity contribution in [1.29, 1.82) is 0 Å². The van der Waals surface area contributed by atoms with Crippen LogP contribution in [0.5, 0.6) is 5.75 Å². The summed E-state index contributed by atoms with van der Waals surface area (Å²) in [6.07, 6.45) is 4.28. The number of rotatable bonds is 6. The molecule has 9 heteroatoms. The highest BCUT2D eigenvalue weighted by molar-refractivity contribution is 6.09. The summed E-state index contributed by atoms with van der Waals surface area (Å²) in [6, 6.07) is 3.39. The van der Waals surface area contributed by atoms with Crippen molar-refractivity contribution in [3.8, 4) is 17.0 Å². The summed E-state index contributed by atoms with van der Waals surface area (Å²) in [7, 11) is 0. The van der Waals surface area contributed by atoms with Gasteiger partial charge >= 0.3 is 0 Å². The van der Waals surface area contributed by atoms with Crippen LogP contribution < -0.4 is 10.1 Å². The van der Waals surface area contributed by atoms with Crippen molar-refractivity contribution in [2.75, 3.05) is 13.2 Å². The number of H-pyrrole nitrogens is 1. The first-order valence-corrected chi connectivity index (χ1v) is 12.1. The van der Waals surface area contributed by atoms with Crippen molar-refractivity contribution in [3.05, 3.63) is 41.1 Å². The number of halogens is 1. The quantitative estimate of drug-likeness (QED) is 0.558. The molecule has 0 radical (unpaired) electrons. The van der Waals surface area contributed by atoms with Gasteiger partial charge in [-0.3, -0.25) is 9.59 Å². The van der Waals surface area contributed by atoms with E-state index in [0.717, 1.165) is 12.8 Å². The van der Waals surface area contributed by atoms with E-state index in [0.29, 0.717) is 64.8 Å². The lowest BCUT2D eigenvalue weighted by Gasteiger charge is -2.18. The first kappa shape index (κ1) is 23.3. The Bertz CT molecular complexity index is 1320. The maximum absolute atomic E-state index is 15.4. The summed E-state index contributed by atoms with van der Waals surface area (Å²) in [5.41, 5.74) is 3.04. The Kier molecular flexibility index (Phi) is 5.94. The summed E-state index contributed by atoms with van der Waals surface area (Å²) in [6.45, 7) is 8.02. The van der Waals surface area contributed by atoms with Crippen LogP contribution in [0.2, 0.25) is 0 Å². The number of aromatic amines is 1. The second kappa shape index (κ2) is 8.94. The number of carbonyl (C=O) groups excluding carboxylic acids is 2. The van der Waals surface area contributed by atoms with E-state index < -0.39 is 5.82 Å². The van der Waals surface area contributed by atoms with Gasteiger partial charge < -0.3 is 19.9 Å². The van der Waals surface area contributed by atoms with Gasteiger partial charge in [-0.05, 0) is 57.6 Å². The highest BCUT2D eigenvalue weighted by Gasteiger charge is 2.33. The van der Waals surface area contributed by atoms with E-state index in [-0.39, 0.29) is 29.5 Å². The number of hydrogen-bond acceptors (Lipinski definition) is 5. The predicted molar refractivity (Wildman–Crippen MR) is 130 cm³/mol. The molecular weight excluding hydrogens is 449 g/mol. The lowest BCUT2D eigenvalue weighted by molar-refractivity contribution is -0.129. The highest BCUT2D eigenvalue weighted by Crippen LogP contribution is 2.39. The number of likely N-dealkylation sites (tertiary alicyclic amines) is 1. The fourth-order valence-corrected chi connectivity index (χ4v) is 4.92. The molecule has 1 aromatic carbocycles.